The number of ketones is 1. The zero-order chi connectivity index (χ0) is 28.1. The lowest BCUT2D eigenvalue weighted by Gasteiger charge is -2.34. The minimum Gasteiger partial charge on any atom is -0.508 e. The normalized spacial score (nSPS) is 14.3. The van der Waals surface area contributed by atoms with Crippen LogP contribution < -0.4 is 9.47 Å². The second kappa shape index (κ2) is 12.5. The van der Waals surface area contributed by atoms with Gasteiger partial charge in [0, 0.05) is 54.9 Å². The molecule has 10 heteroatoms. The summed E-state index contributed by atoms with van der Waals surface area (Å²) < 4.78 is 26.6. The van der Waals surface area contributed by atoms with Crippen LogP contribution in [0.1, 0.15) is 21.7 Å². The molecule has 0 aliphatic carbocycles. The molecule has 5 rings (SSSR count). The number of phenolic OH excluding ortho intramolecular Hbond substituents is 1. The molecule has 1 saturated heterocycles. The molecule has 2 N–H and O–H groups in total. The average Bonchev–Trinajstić information content (AvgIpc) is 3.30. The Morgan fingerprint density at radius 2 is 1.60 bits per heavy atom. The summed E-state index contributed by atoms with van der Waals surface area (Å²) >= 11 is 1.18. The van der Waals surface area contributed by atoms with Gasteiger partial charge in [-0.2, -0.15) is 0 Å². The van der Waals surface area contributed by atoms with Crippen LogP contribution in [-0.2, 0) is 4.79 Å². The molecule has 40 heavy (non-hydrogen) atoms. The zero-order valence-corrected chi connectivity index (χ0v) is 22.5. The molecule has 8 nitrogen and oxygen atoms in total. The van der Waals surface area contributed by atoms with Crippen LogP contribution in [0, 0.1) is 5.82 Å². The minimum absolute atomic E-state index is 0.0756. The van der Waals surface area contributed by atoms with Gasteiger partial charge in [0.15, 0.2) is 5.75 Å². The van der Waals surface area contributed by atoms with Gasteiger partial charge in [-0.05, 0) is 54.6 Å². The van der Waals surface area contributed by atoms with Gasteiger partial charge in [-0.25, -0.2) is 4.39 Å². The number of hydrogen-bond donors (Lipinski definition) is 2. The molecule has 3 aromatic carbocycles. The van der Waals surface area contributed by atoms with Gasteiger partial charge in [-0.3, -0.25) is 14.5 Å². The predicted octanol–water partition coefficient (Wildman–Crippen LogP) is 5.24. The van der Waals surface area contributed by atoms with E-state index in [4.69, 9.17) is 14.6 Å². The Kier molecular flexibility index (Phi) is 8.59. The third kappa shape index (κ3) is 6.77. The minimum atomic E-state index is -0.769. The molecule has 1 aliphatic rings. The fourth-order valence-corrected chi connectivity index (χ4v) is 5.70. The van der Waals surface area contributed by atoms with E-state index < -0.39 is 11.8 Å². The van der Waals surface area contributed by atoms with Gasteiger partial charge in [-0.15, -0.1) is 11.3 Å². The number of benzene rings is 3. The third-order valence-electron chi connectivity index (χ3n) is 6.75. The number of carboxylic acids is 1. The molecule has 208 valence electrons. The number of carboxylic acid groups (broad SMARTS) is 1. The van der Waals surface area contributed by atoms with E-state index in [2.05, 4.69) is 9.80 Å². The summed E-state index contributed by atoms with van der Waals surface area (Å²) in [6, 6.07) is 17.4. The second-order valence-electron chi connectivity index (χ2n) is 9.53. The van der Waals surface area contributed by atoms with Crippen molar-refractivity contribution in [2.24, 2.45) is 0 Å². The van der Waals surface area contributed by atoms with E-state index in [1.54, 1.807) is 42.5 Å². The molecule has 0 spiro atoms. The van der Waals surface area contributed by atoms with Crippen molar-refractivity contribution in [2.75, 3.05) is 45.9 Å². The van der Waals surface area contributed by atoms with Crippen LogP contribution >= 0.6 is 11.3 Å². The van der Waals surface area contributed by atoms with Crippen molar-refractivity contribution < 1.29 is 33.7 Å². The molecule has 0 amide bonds. The maximum Gasteiger partial charge on any atom is 0.304 e. The predicted molar refractivity (Wildman–Crippen MR) is 150 cm³/mol. The van der Waals surface area contributed by atoms with Gasteiger partial charge in [0.05, 0.1) is 6.42 Å². The standard InChI is InChI=1S/C30H29FN2O6S/c31-21-3-1-2-20(18-21)28(37)30-29(25-9-4-22(34)19-26(25)40-30)39-24-7-5-23(6-8-24)38-17-16-33-14-12-32(13-15-33)11-10-27(35)36/h1-9,18-19,34H,10-17H2,(H,35,36). The van der Waals surface area contributed by atoms with E-state index in [1.165, 1.54) is 35.6 Å². The van der Waals surface area contributed by atoms with E-state index >= 15 is 0 Å². The largest absolute Gasteiger partial charge is 0.508 e. The summed E-state index contributed by atoms with van der Waals surface area (Å²) in [6.07, 6.45) is 0.166. The van der Waals surface area contributed by atoms with Gasteiger partial charge in [0.25, 0.3) is 0 Å². The highest BCUT2D eigenvalue weighted by atomic mass is 32.1. The molecule has 2 heterocycles. The number of aromatic hydroxyl groups is 1. The molecule has 1 aliphatic heterocycles. The molecule has 1 fully saturated rings. The zero-order valence-electron chi connectivity index (χ0n) is 21.7. The second-order valence-corrected chi connectivity index (χ2v) is 10.6. The van der Waals surface area contributed by atoms with Crippen molar-refractivity contribution in [3.8, 4) is 23.0 Å². The Hall–Kier alpha value is -3.99. The number of carbonyl (C=O) groups is 2. The van der Waals surface area contributed by atoms with E-state index in [1.807, 2.05) is 0 Å². The van der Waals surface area contributed by atoms with Crippen LogP contribution in [0.2, 0.25) is 0 Å². The molecule has 0 saturated carbocycles. The average molecular weight is 565 g/mol. The number of halogens is 1. The van der Waals surface area contributed by atoms with E-state index in [0.29, 0.717) is 45.4 Å². The van der Waals surface area contributed by atoms with Crippen LogP contribution in [0.15, 0.2) is 66.7 Å². The number of ether oxygens (including phenoxy) is 2. The number of thiophene rings is 1. The highest BCUT2D eigenvalue weighted by molar-refractivity contribution is 7.21. The van der Waals surface area contributed by atoms with Crippen molar-refractivity contribution in [3.05, 3.63) is 83.0 Å². The van der Waals surface area contributed by atoms with Crippen LogP contribution in [-0.4, -0.2) is 77.6 Å². The van der Waals surface area contributed by atoms with Crippen molar-refractivity contribution in [1.29, 1.82) is 0 Å². The van der Waals surface area contributed by atoms with Crippen molar-refractivity contribution >= 4 is 33.2 Å². The first-order chi connectivity index (χ1) is 19.4. The van der Waals surface area contributed by atoms with E-state index in [-0.39, 0.29) is 23.5 Å². The quantitative estimate of drug-likeness (QED) is 0.239. The number of hydrogen-bond acceptors (Lipinski definition) is 8. The number of aliphatic carboxylic acids is 1. The lowest BCUT2D eigenvalue weighted by molar-refractivity contribution is -0.137. The number of fused-ring (bicyclic) bond motifs is 1. The Morgan fingerprint density at radius 3 is 2.30 bits per heavy atom. The van der Waals surface area contributed by atoms with Crippen LogP contribution in [0.4, 0.5) is 4.39 Å². The fraction of sp³-hybridized carbons (Fsp3) is 0.267. The number of carbonyl (C=O) groups excluding carboxylic acids is 1. The summed E-state index contributed by atoms with van der Waals surface area (Å²) in [5.74, 6) is -0.0147. The van der Waals surface area contributed by atoms with Crippen molar-refractivity contribution in [1.82, 2.24) is 9.80 Å². The summed E-state index contributed by atoms with van der Waals surface area (Å²) in [7, 11) is 0. The van der Waals surface area contributed by atoms with Gasteiger partial charge in [0.2, 0.25) is 5.78 Å². The molecule has 4 aromatic rings. The lowest BCUT2D eigenvalue weighted by Crippen LogP contribution is -2.47. The Balaban J connectivity index is 1.22. The third-order valence-corrected chi connectivity index (χ3v) is 7.88. The summed E-state index contributed by atoms with van der Waals surface area (Å²) in [4.78, 5) is 28.8. The number of nitrogens with zero attached hydrogens (tertiary/aromatic N) is 2. The topological polar surface area (TPSA) is 99.5 Å². The number of piperazine rings is 1. The Labute approximate surface area is 234 Å². The highest BCUT2D eigenvalue weighted by Crippen LogP contribution is 2.42. The van der Waals surface area contributed by atoms with Gasteiger partial charge in [-0.1, -0.05) is 12.1 Å². The first-order valence-electron chi connectivity index (χ1n) is 13.0. The molecule has 0 radical (unpaired) electrons. The van der Waals surface area contributed by atoms with Crippen LogP contribution in [0.5, 0.6) is 23.0 Å². The summed E-state index contributed by atoms with van der Waals surface area (Å²) in [6.45, 7) is 5.31. The Morgan fingerprint density at radius 1 is 0.900 bits per heavy atom. The smallest absolute Gasteiger partial charge is 0.304 e. The first-order valence-corrected chi connectivity index (χ1v) is 13.8. The maximum atomic E-state index is 13.8. The molecule has 0 unspecified atom stereocenters. The molecule has 0 atom stereocenters. The van der Waals surface area contributed by atoms with Gasteiger partial charge in [0.1, 0.15) is 34.5 Å². The number of phenols is 1. The number of rotatable bonds is 11. The summed E-state index contributed by atoms with van der Waals surface area (Å²) in [5.41, 5.74) is 0.214. The van der Waals surface area contributed by atoms with Crippen molar-refractivity contribution in [3.63, 3.8) is 0 Å². The monoisotopic (exact) mass is 564 g/mol. The fourth-order valence-electron chi connectivity index (χ4n) is 4.58. The van der Waals surface area contributed by atoms with Crippen LogP contribution in [0.25, 0.3) is 10.1 Å². The highest BCUT2D eigenvalue weighted by Gasteiger charge is 2.23. The molecule has 1 aromatic heterocycles. The van der Waals surface area contributed by atoms with E-state index in [9.17, 15) is 19.1 Å². The summed E-state index contributed by atoms with van der Waals surface area (Å²) in [5, 5.41) is 19.5. The van der Waals surface area contributed by atoms with E-state index in [0.717, 1.165) is 32.7 Å². The van der Waals surface area contributed by atoms with Gasteiger partial charge >= 0.3 is 5.97 Å². The van der Waals surface area contributed by atoms with Crippen molar-refractivity contribution in [2.45, 2.75) is 6.42 Å². The Bertz CT molecular complexity index is 1500. The first kappa shape index (κ1) is 27.6. The van der Waals surface area contributed by atoms with Gasteiger partial charge < -0.3 is 24.6 Å². The maximum absolute atomic E-state index is 13.8. The SMILES string of the molecule is O=C(O)CCN1CCN(CCOc2ccc(Oc3c(C(=O)c4cccc(F)c4)sc4cc(O)ccc34)cc2)CC1. The lowest BCUT2D eigenvalue weighted by atomic mass is 10.1. The molecule has 0 bridgehead atoms. The molecular weight excluding hydrogens is 535 g/mol. The van der Waals surface area contributed by atoms with Crippen LogP contribution in [0.3, 0.4) is 0 Å². The molecular formula is C30H29FN2O6S.